The van der Waals surface area contributed by atoms with Crippen molar-refractivity contribution in [3.8, 4) is 0 Å². The Morgan fingerprint density at radius 1 is 0.962 bits per heavy atom. The smallest absolute Gasteiger partial charge is 0.357 e. The normalized spacial score (nSPS) is 12.7. The fourth-order valence-electron chi connectivity index (χ4n) is 2.44. The van der Waals surface area contributed by atoms with Crippen LogP contribution in [0.2, 0.25) is 0 Å². The molecule has 0 aliphatic heterocycles. The van der Waals surface area contributed by atoms with E-state index in [2.05, 4.69) is 24.1 Å². The number of pyridine rings is 1. The van der Waals surface area contributed by atoms with Crippen molar-refractivity contribution in [2.24, 2.45) is 0 Å². The molecule has 0 aliphatic carbocycles. The van der Waals surface area contributed by atoms with Crippen molar-refractivity contribution in [3.05, 3.63) is 60.4 Å². The largest absolute Gasteiger partial charge is 0.368 e. The Kier molecular flexibility index (Phi) is 8.82. The lowest BCUT2D eigenvalue weighted by Crippen LogP contribution is -2.16. The zero-order valence-electron chi connectivity index (χ0n) is 15.6. The van der Waals surface area contributed by atoms with Crippen LogP contribution in [-0.4, -0.2) is 18.2 Å². The van der Waals surface area contributed by atoms with Crippen LogP contribution >= 0.6 is 7.60 Å². The van der Waals surface area contributed by atoms with Gasteiger partial charge in [-0.3, -0.25) is 9.55 Å². The summed E-state index contributed by atoms with van der Waals surface area (Å²) in [6, 6.07) is 13.4. The molecule has 0 spiro atoms. The molecule has 1 aromatic carbocycles. The van der Waals surface area contributed by atoms with E-state index in [1.165, 1.54) is 0 Å². The number of rotatable bonds is 12. The van der Waals surface area contributed by atoms with E-state index in [1.807, 2.05) is 42.5 Å². The first-order chi connectivity index (χ1) is 12.7. The third-order valence-corrected chi connectivity index (χ3v) is 6.10. The standard InChI is InChI=1S/C20H29N2O3P/c1-3-5-16-24-26(23,25-17-6-4-2)20(18-12-14-21-15-13-18)22-19-10-8-7-9-11-19/h7-15,20,22H,3-6,16-17H2,1-2H3. The maximum atomic E-state index is 13.7. The lowest BCUT2D eigenvalue weighted by Gasteiger charge is -2.28. The summed E-state index contributed by atoms with van der Waals surface area (Å²) in [5.74, 6) is -0.582. The van der Waals surface area contributed by atoms with Crippen LogP contribution < -0.4 is 5.32 Å². The lowest BCUT2D eigenvalue weighted by molar-refractivity contribution is 0.194. The van der Waals surface area contributed by atoms with E-state index < -0.39 is 13.4 Å². The Balaban J connectivity index is 2.31. The predicted octanol–water partition coefficient (Wildman–Crippen LogP) is 6.02. The molecule has 0 fully saturated rings. The minimum Gasteiger partial charge on any atom is -0.368 e. The van der Waals surface area contributed by atoms with Gasteiger partial charge in [0.1, 0.15) is 0 Å². The van der Waals surface area contributed by atoms with Crippen LogP contribution in [0.5, 0.6) is 0 Å². The number of aromatic nitrogens is 1. The Hall–Kier alpha value is -1.68. The van der Waals surface area contributed by atoms with Gasteiger partial charge in [-0.15, -0.1) is 0 Å². The highest BCUT2D eigenvalue weighted by Crippen LogP contribution is 2.61. The second kappa shape index (κ2) is 11.1. The van der Waals surface area contributed by atoms with Crippen molar-refractivity contribution < 1.29 is 13.6 Å². The average molecular weight is 376 g/mol. The summed E-state index contributed by atoms with van der Waals surface area (Å²) < 4.78 is 25.5. The van der Waals surface area contributed by atoms with Gasteiger partial charge < -0.3 is 14.4 Å². The van der Waals surface area contributed by atoms with Gasteiger partial charge in [0.2, 0.25) is 0 Å². The number of anilines is 1. The van der Waals surface area contributed by atoms with E-state index in [-0.39, 0.29) is 0 Å². The summed E-state index contributed by atoms with van der Waals surface area (Å²) in [7, 11) is -3.42. The van der Waals surface area contributed by atoms with Gasteiger partial charge in [-0.2, -0.15) is 0 Å². The van der Waals surface area contributed by atoms with Crippen molar-refractivity contribution >= 4 is 13.3 Å². The van der Waals surface area contributed by atoms with E-state index in [1.54, 1.807) is 12.4 Å². The van der Waals surface area contributed by atoms with E-state index in [0.717, 1.165) is 36.9 Å². The van der Waals surface area contributed by atoms with Crippen LogP contribution in [0.3, 0.4) is 0 Å². The molecule has 0 amide bonds. The van der Waals surface area contributed by atoms with Crippen LogP contribution in [0.1, 0.15) is 50.9 Å². The van der Waals surface area contributed by atoms with Crippen molar-refractivity contribution in [2.45, 2.75) is 45.3 Å². The molecule has 0 radical (unpaired) electrons. The highest BCUT2D eigenvalue weighted by Gasteiger charge is 2.37. The molecule has 1 atom stereocenters. The summed E-state index contributed by atoms with van der Waals surface area (Å²) in [6.45, 7) is 4.99. The van der Waals surface area contributed by atoms with Gasteiger partial charge in [-0.1, -0.05) is 44.9 Å². The van der Waals surface area contributed by atoms with E-state index in [0.29, 0.717) is 13.2 Å². The number of benzene rings is 1. The lowest BCUT2D eigenvalue weighted by atomic mass is 10.2. The minimum atomic E-state index is -3.42. The minimum absolute atomic E-state index is 0.415. The van der Waals surface area contributed by atoms with Gasteiger partial charge in [0, 0.05) is 18.1 Å². The highest BCUT2D eigenvalue weighted by molar-refractivity contribution is 7.54. The summed E-state index contributed by atoms with van der Waals surface area (Å²) in [4.78, 5) is 4.07. The molecule has 6 heteroatoms. The number of hydrogen-bond acceptors (Lipinski definition) is 5. The van der Waals surface area contributed by atoms with E-state index in [9.17, 15) is 4.57 Å². The third-order valence-electron chi connectivity index (χ3n) is 3.95. The van der Waals surface area contributed by atoms with Crippen molar-refractivity contribution in [1.82, 2.24) is 4.98 Å². The Morgan fingerprint density at radius 3 is 2.08 bits per heavy atom. The second-order valence-electron chi connectivity index (χ2n) is 6.11. The molecule has 0 saturated carbocycles. The van der Waals surface area contributed by atoms with Crippen LogP contribution in [0.4, 0.5) is 5.69 Å². The molecule has 1 unspecified atom stereocenters. The number of hydrogen-bond donors (Lipinski definition) is 1. The fraction of sp³-hybridized carbons (Fsp3) is 0.450. The number of para-hydroxylation sites is 1. The fourth-order valence-corrected chi connectivity index (χ4v) is 4.43. The molecule has 0 bridgehead atoms. The number of nitrogens with one attached hydrogen (secondary N) is 1. The molecule has 0 aliphatic rings. The first-order valence-corrected chi connectivity index (χ1v) is 10.9. The van der Waals surface area contributed by atoms with Gasteiger partial charge in [-0.25, -0.2) is 0 Å². The van der Waals surface area contributed by atoms with Crippen molar-refractivity contribution in [2.75, 3.05) is 18.5 Å². The Morgan fingerprint density at radius 2 is 1.54 bits per heavy atom. The monoisotopic (exact) mass is 376 g/mol. The molecule has 1 aromatic heterocycles. The van der Waals surface area contributed by atoms with Gasteiger partial charge in [0.25, 0.3) is 0 Å². The van der Waals surface area contributed by atoms with Gasteiger partial charge >= 0.3 is 7.60 Å². The SMILES string of the molecule is CCCCOP(=O)(OCCCC)C(Nc1ccccc1)c1ccncc1. The molecule has 2 aromatic rings. The van der Waals surface area contributed by atoms with Crippen LogP contribution in [-0.2, 0) is 13.6 Å². The predicted molar refractivity (Wildman–Crippen MR) is 106 cm³/mol. The molecular weight excluding hydrogens is 347 g/mol. The molecule has 1 heterocycles. The summed E-state index contributed by atoms with van der Waals surface area (Å²) in [5, 5.41) is 3.35. The first kappa shape index (κ1) is 20.6. The molecule has 26 heavy (non-hydrogen) atoms. The van der Waals surface area contributed by atoms with E-state index in [4.69, 9.17) is 9.05 Å². The quantitative estimate of drug-likeness (QED) is 0.363. The maximum Gasteiger partial charge on any atom is 0.357 e. The van der Waals surface area contributed by atoms with Crippen LogP contribution in [0.25, 0.3) is 0 Å². The Bertz CT molecular complexity index is 653. The van der Waals surface area contributed by atoms with Gasteiger partial charge in [0.15, 0.2) is 5.78 Å². The highest BCUT2D eigenvalue weighted by atomic mass is 31.2. The number of unbranched alkanes of at least 4 members (excludes halogenated alkanes) is 2. The summed E-state index contributed by atoms with van der Waals surface area (Å²) in [6.07, 6.45) is 7.02. The molecule has 1 N–H and O–H groups in total. The van der Waals surface area contributed by atoms with E-state index >= 15 is 0 Å². The molecule has 0 saturated heterocycles. The first-order valence-electron chi connectivity index (χ1n) is 9.30. The van der Waals surface area contributed by atoms with Gasteiger partial charge in [0.05, 0.1) is 13.2 Å². The summed E-state index contributed by atoms with van der Waals surface area (Å²) in [5.41, 5.74) is 1.70. The maximum absolute atomic E-state index is 13.7. The zero-order valence-corrected chi connectivity index (χ0v) is 16.5. The van der Waals surface area contributed by atoms with Crippen molar-refractivity contribution in [3.63, 3.8) is 0 Å². The number of nitrogens with zero attached hydrogens (tertiary/aromatic N) is 1. The second-order valence-corrected chi connectivity index (χ2v) is 8.22. The summed E-state index contributed by atoms with van der Waals surface area (Å²) >= 11 is 0. The van der Waals surface area contributed by atoms with Crippen LogP contribution in [0.15, 0.2) is 54.9 Å². The average Bonchev–Trinajstić information content (AvgIpc) is 2.68. The zero-order chi connectivity index (χ0) is 18.7. The van der Waals surface area contributed by atoms with Gasteiger partial charge in [-0.05, 0) is 42.7 Å². The molecule has 2 rings (SSSR count). The molecular formula is C20H29N2O3P. The Labute approximate surface area is 156 Å². The third kappa shape index (κ3) is 6.24. The molecule has 142 valence electrons. The van der Waals surface area contributed by atoms with Crippen molar-refractivity contribution in [1.29, 1.82) is 0 Å². The topological polar surface area (TPSA) is 60.5 Å². The molecule has 5 nitrogen and oxygen atoms in total. The van der Waals surface area contributed by atoms with Crippen LogP contribution in [0, 0.1) is 0 Å².